The molecule has 0 fully saturated rings. The van der Waals surface area contributed by atoms with Crippen molar-refractivity contribution in [1.82, 2.24) is 4.98 Å². The number of furan rings is 1. The summed E-state index contributed by atoms with van der Waals surface area (Å²) < 4.78 is 76.8. The molecular weight excluding hydrogens is 475 g/mol. The molecule has 5 aromatic rings. The smallest absolute Gasteiger partial charge is 0.394 e. The van der Waals surface area contributed by atoms with Crippen LogP contribution < -0.4 is 4.57 Å². The molecule has 2 aromatic carbocycles. The lowest BCUT2D eigenvalue weighted by Gasteiger charge is -2.27. The number of hydrogen-bond acceptors (Lipinski definition) is 2. The lowest BCUT2D eigenvalue weighted by molar-refractivity contribution is -0.659. The molecular formula is C28H24F5N2O+. The van der Waals surface area contributed by atoms with Crippen molar-refractivity contribution in [3.8, 4) is 11.3 Å². The summed E-state index contributed by atoms with van der Waals surface area (Å²) in [5, 5.41) is 2.15. The first kappa shape index (κ1) is 24.2. The molecule has 0 aliphatic rings. The second-order valence-corrected chi connectivity index (χ2v) is 10.0. The highest BCUT2D eigenvalue weighted by Gasteiger charge is 2.47. The predicted molar refractivity (Wildman–Crippen MR) is 129 cm³/mol. The van der Waals surface area contributed by atoms with E-state index < -0.39 is 23.4 Å². The molecule has 0 saturated heterocycles. The van der Waals surface area contributed by atoms with Crippen LogP contribution in [0.1, 0.15) is 30.5 Å². The van der Waals surface area contributed by atoms with Gasteiger partial charge in [-0.2, -0.15) is 22.5 Å². The summed E-state index contributed by atoms with van der Waals surface area (Å²) in [6.07, 6.45) is -2.66. The number of alkyl halides is 3. The van der Waals surface area contributed by atoms with Crippen molar-refractivity contribution in [2.24, 2.45) is 12.5 Å². The van der Waals surface area contributed by atoms with Crippen molar-refractivity contribution in [1.29, 1.82) is 0 Å². The zero-order valence-corrected chi connectivity index (χ0v) is 20.4. The van der Waals surface area contributed by atoms with Gasteiger partial charge in [0.2, 0.25) is 17.4 Å². The summed E-state index contributed by atoms with van der Waals surface area (Å²) in [7, 11) is 1.85. The third-order valence-corrected chi connectivity index (χ3v) is 7.03. The van der Waals surface area contributed by atoms with Gasteiger partial charge in [0.15, 0.2) is 11.8 Å². The summed E-state index contributed by atoms with van der Waals surface area (Å²) >= 11 is 0. The Balaban J connectivity index is 1.79. The number of halogens is 5. The average Bonchev–Trinajstić information content (AvgIpc) is 3.12. The van der Waals surface area contributed by atoms with Crippen molar-refractivity contribution in [3.05, 3.63) is 71.1 Å². The molecule has 0 unspecified atom stereocenters. The van der Waals surface area contributed by atoms with E-state index in [2.05, 4.69) is 4.98 Å². The van der Waals surface area contributed by atoms with E-state index in [9.17, 15) is 22.0 Å². The molecule has 3 aromatic heterocycles. The molecule has 0 saturated carbocycles. The lowest BCUT2D eigenvalue weighted by atomic mass is 9.84. The van der Waals surface area contributed by atoms with E-state index in [1.807, 2.05) is 37.7 Å². The number of benzene rings is 2. The summed E-state index contributed by atoms with van der Waals surface area (Å²) in [5.74, 6) is -1.73. The fourth-order valence-electron chi connectivity index (χ4n) is 4.80. The van der Waals surface area contributed by atoms with Crippen LogP contribution in [0, 0.1) is 31.0 Å². The molecule has 0 spiro atoms. The number of aromatic nitrogens is 2. The van der Waals surface area contributed by atoms with Gasteiger partial charge in [-0.15, -0.1) is 0 Å². The van der Waals surface area contributed by atoms with Crippen LogP contribution in [0.15, 0.2) is 47.0 Å². The molecule has 8 heteroatoms. The lowest BCUT2D eigenvalue weighted by Crippen LogP contribution is -2.34. The Morgan fingerprint density at radius 1 is 0.972 bits per heavy atom. The van der Waals surface area contributed by atoms with Gasteiger partial charge in [0, 0.05) is 17.5 Å². The van der Waals surface area contributed by atoms with Gasteiger partial charge in [-0.25, -0.2) is 8.96 Å². The minimum absolute atomic E-state index is 0.107. The first-order valence-corrected chi connectivity index (χ1v) is 11.5. The Hall–Kier alpha value is -3.55. The Labute approximate surface area is 204 Å². The Bertz CT molecular complexity index is 1680. The normalized spacial score (nSPS) is 12.8. The molecule has 186 valence electrons. The fraction of sp³-hybridized carbons (Fsp3) is 0.286. The Morgan fingerprint density at radius 2 is 1.69 bits per heavy atom. The van der Waals surface area contributed by atoms with E-state index in [0.717, 1.165) is 33.7 Å². The maximum atomic E-state index is 14.7. The van der Waals surface area contributed by atoms with Crippen LogP contribution in [0.3, 0.4) is 0 Å². The molecule has 0 aliphatic heterocycles. The van der Waals surface area contributed by atoms with Crippen molar-refractivity contribution >= 4 is 32.8 Å². The van der Waals surface area contributed by atoms with Gasteiger partial charge >= 0.3 is 6.18 Å². The van der Waals surface area contributed by atoms with Crippen LogP contribution in [0.25, 0.3) is 44.1 Å². The van der Waals surface area contributed by atoms with Gasteiger partial charge in [-0.3, -0.25) is 0 Å². The molecule has 0 radical (unpaired) electrons. The first-order chi connectivity index (χ1) is 16.8. The van der Waals surface area contributed by atoms with E-state index in [-0.39, 0.29) is 17.5 Å². The highest BCUT2D eigenvalue weighted by Crippen LogP contribution is 2.42. The average molecular weight is 500 g/mol. The third-order valence-electron chi connectivity index (χ3n) is 7.03. The van der Waals surface area contributed by atoms with Crippen LogP contribution in [-0.2, 0) is 13.5 Å². The molecule has 0 N–H and O–H groups in total. The zero-order chi connectivity index (χ0) is 26.2. The van der Waals surface area contributed by atoms with Crippen LogP contribution >= 0.6 is 0 Å². The van der Waals surface area contributed by atoms with Gasteiger partial charge in [0.05, 0.1) is 21.8 Å². The van der Waals surface area contributed by atoms with E-state index in [1.165, 1.54) is 13.8 Å². The molecule has 3 nitrogen and oxygen atoms in total. The van der Waals surface area contributed by atoms with Crippen LogP contribution in [0.2, 0.25) is 0 Å². The zero-order valence-electron chi connectivity index (χ0n) is 20.4. The molecule has 0 amide bonds. The van der Waals surface area contributed by atoms with Crippen molar-refractivity contribution in [3.63, 3.8) is 0 Å². The van der Waals surface area contributed by atoms with E-state index in [4.69, 9.17) is 4.42 Å². The number of nitrogens with zero attached hydrogens (tertiary/aromatic N) is 2. The van der Waals surface area contributed by atoms with Gasteiger partial charge < -0.3 is 4.42 Å². The molecule has 0 atom stereocenters. The van der Waals surface area contributed by atoms with Gasteiger partial charge in [-0.1, -0.05) is 26.0 Å². The van der Waals surface area contributed by atoms with Gasteiger partial charge in [-0.05, 0) is 54.5 Å². The number of pyridine rings is 2. The highest BCUT2D eigenvalue weighted by molar-refractivity contribution is 6.11. The Kier molecular flexibility index (Phi) is 5.36. The molecule has 5 rings (SSSR count). The third kappa shape index (κ3) is 3.70. The highest BCUT2D eigenvalue weighted by atomic mass is 19.4. The first-order valence-electron chi connectivity index (χ1n) is 11.5. The Morgan fingerprint density at radius 3 is 2.39 bits per heavy atom. The largest absolute Gasteiger partial charge is 0.437 e. The molecule has 3 heterocycles. The second kappa shape index (κ2) is 7.98. The van der Waals surface area contributed by atoms with Crippen molar-refractivity contribution in [2.75, 3.05) is 0 Å². The summed E-state index contributed by atoms with van der Waals surface area (Å²) in [6.45, 7) is 6.20. The quantitative estimate of drug-likeness (QED) is 0.145. The van der Waals surface area contributed by atoms with Crippen LogP contribution in [-0.4, -0.2) is 11.2 Å². The molecule has 0 aliphatic carbocycles. The maximum absolute atomic E-state index is 14.7. The van der Waals surface area contributed by atoms with E-state index >= 15 is 0 Å². The second-order valence-electron chi connectivity index (χ2n) is 10.0. The summed E-state index contributed by atoms with van der Waals surface area (Å²) in [6, 6.07) is 9.65. The summed E-state index contributed by atoms with van der Waals surface area (Å²) in [4.78, 5) is 3.75. The predicted octanol–water partition coefficient (Wildman–Crippen LogP) is 7.65. The number of rotatable bonds is 3. The van der Waals surface area contributed by atoms with Crippen LogP contribution in [0.4, 0.5) is 22.0 Å². The summed E-state index contributed by atoms with van der Waals surface area (Å²) in [5.41, 5.74) is 2.14. The van der Waals surface area contributed by atoms with Crippen molar-refractivity contribution < 1.29 is 30.9 Å². The van der Waals surface area contributed by atoms with E-state index in [1.54, 1.807) is 24.3 Å². The standard InChI is InChI=1S/C28H24F5N2O/c1-14-10-19-23-20(29)12-21(30)34-26(23)36-25(19)22(15(14)2)24-18-7-6-16(11-17(18)8-9-35(24)5)13-27(3,4)28(31,32)33/h6-12H,13H2,1-5H3/q+1. The number of fused-ring (bicyclic) bond motifs is 4. The number of aryl methyl sites for hydroxylation is 2. The fourth-order valence-corrected chi connectivity index (χ4v) is 4.80. The van der Waals surface area contributed by atoms with Gasteiger partial charge in [0.1, 0.15) is 12.9 Å². The minimum atomic E-state index is -4.33. The number of hydrogen-bond donors (Lipinski definition) is 0. The monoisotopic (exact) mass is 499 g/mol. The van der Waals surface area contributed by atoms with Crippen molar-refractivity contribution in [2.45, 2.75) is 40.3 Å². The molecule has 0 bridgehead atoms. The maximum Gasteiger partial charge on any atom is 0.394 e. The minimum Gasteiger partial charge on any atom is -0.437 e. The van der Waals surface area contributed by atoms with Gasteiger partial charge in [0.25, 0.3) is 0 Å². The van der Waals surface area contributed by atoms with E-state index in [0.29, 0.717) is 22.1 Å². The molecule has 36 heavy (non-hydrogen) atoms. The SMILES string of the molecule is Cc1cc2c(oc3nc(F)cc(F)c32)c(-c2c3ccc(CC(C)(C)C(F)(F)F)cc3cc[n+]2C)c1C. The topological polar surface area (TPSA) is 29.9 Å². The van der Waals surface area contributed by atoms with Crippen LogP contribution in [0.5, 0.6) is 0 Å².